The summed E-state index contributed by atoms with van der Waals surface area (Å²) in [5.41, 5.74) is 0.933. The molecule has 0 saturated heterocycles. The SMILES string of the molecule is CC1CCCCC1Nc1ccc(OCC(F)(F)F)cc1. The van der Waals surface area contributed by atoms with Gasteiger partial charge in [-0.1, -0.05) is 19.8 Å². The first-order chi connectivity index (χ1) is 9.44. The number of rotatable bonds is 4. The molecule has 2 atom stereocenters. The minimum atomic E-state index is -4.30. The summed E-state index contributed by atoms with van der Waals surface area (Å²) >= 11 is 0. The molecule has 20 heavy (non-hydrogen) atoms. The summed E-state index contributed by atoms with van der Waals surface area (Å²) in [7, 11) is 0. The lowest BCUT2D eigenvalue weighted by Gasteiger charge is -2.30. The molecule has 1 aliphatic rings. The second-order valence-electron chi connectivity index (χ2n) is 5.44. The van der Waals surface area contributed by atoms with Crippen LogP contribution in [-0.2, 0) is 0 Å². The summed E-state index contributed by atoms with van der Waals surface area (Å²) < 4.78 is 40.8. The van der Waals surface area contributed by atoms with E-state index in [1.54, 1.807) is 24.3 Å². The Labute approximate surface area is 117 Å². The minimum absolute atomic E-state index is 0.240. The molecule has 1 fully saturated rings. The molecule has 0 spiro atoms. The third kappa shape index (κ3) is 4.62. The summed E-state index contributed by atoms with van der Waals surface area (Å²) in [5.74, 6) is 0.870. The van der Waals surface area contributed by atoms with Crippen molar-refractivity contribution >= 4 is 5.69 Å². The van der Waals surface area contributed by atoms with Crippen LogP contribution in [0, 0.1) is 5.92 Å². The van der Waals surface area contributed by atoms with E-state index in [4.69, 9.17) is 0 Å². The zero-order valence-corrected chi connectivity index (χ0v) is 11.5. The van der Waals surface area contributed by atoms with E-state index in [9.17, 15) is 13.2 Å². The van der Waals surface area contributed by atoms with Gasteiger partial charge in [-0.3, -0.25) is 0 Å². The number of hydrogen-bond donors (Lipinski definition) is 1. The average Bonchev–Trinajstić information content (AvgIpc) is 2.40. The van der Waals surface area contributed by atoms with Gasteiger partial charge in [0.2, 0.25) is 0 Å². The zero-order chi connectivity index (χ0) is 14.6. The quantitative estimate of drug-likeness (QED) is 0.872. The number of alkyl halides is 3. The summed E-state index contributed by atoms with van der Waals surface area (Å²) in [4.78, 5) is 0. The highest BCUT2D eigenvalue weighted by atomic mass is 19.4. The van der Waals surface area contributed by atoms with Gasteiger partial charge in [-0.2, -0.15) is 13.2 Å². The summed E-state index contributed by atoms with van der Waals surface area (Å²) in [6, 6.07) is 7.13. The van der Waals surface area contributed by atoms with Crippen molar-refractivity contribution in [1.82, 2.24) is 0 Å². The maximum Gasteiger partial charge on any atom is 0.422 e. The number of nitrogens with one attached hydrogen (secondary N) is 1. The Hall–Kier alpha value is -1.39. The molecule has 1 N–H and O–H groups in total. The van der Waals surface area contributed by atoms with Crippen molar-refractivity contribution in [3.63, 3.8) is 0 Å². The monoisotopic (exact) mass is 287 g/mol. The van der Waals surface area contributed by atoms with Crippen LogP contribution in [0.2, 0.25) is 0 Å². The third-order valence-corrected chi connectivity index (χ3v) is 3.72. The first-order valence-corrected chi connectivity index (χ1v) is 7.00. The van der Waals surface area contributed by atoms with Crippen molar-refractivity contribution in [3.05, 3.63) is 24.3 Å². The smallest absolute Gasteiger partial charge is 0.422 e. The van der Waals surface area contributed by atoms with E-state index in [2.05, 4.69) is 17.0 Å². The fourth-order valence-electron chi connectivity index (χ4n) is 2.56. The highest BCUT2D eigenvalue weighted by molar-refractivity contribution is 5.47. The molecular formula is C15H20F3NO. The summed E-state index contributed by atoms with van der Waals surface area (Å²) in [5, 5.41) is 3.45. The fraction of sp³-hybridized carbons (Fsp3) is 0.600. The van der Waals surface area contributed by atoms with Crippen LogP contribution in [0.25, 0.3) is 0 Å². The molecule has 2 unspecified atom stereocenters. The van der Waals surface area contributed by atoms with Crippen LogP contribution in [0.15, 0.2) is 24.3 Å². The first kappa shape index (κ1) is 15.0. The molecule has 1 aromatic rings. The maximum atomic E-state index is 12.0. The van der Waals surface area contributed by atoms with Gasteiger partial charge < -0.3 is 10.1 Å². The van der Waals surface area contributed by atoms with Crippen molar-refractivity contribution in [1.29, 1.82) is 0 Å². The molecule has 1 saturated carbocycles. The highest BCUT2D eigenvalue weighted by Gasteiger charge is 2.28. The van der Waals surface area contributed by atoms with Crippen LogP contribution >= 0.6 is 0 Å². The molecule has 0 bridgehead atoms. The predicted molar refractivity (Wildman–Crippen MR) is 73.0 cm³/mol. The molecule has 0 heterocycles. The van der Waals surface area contributed by atoms with Gasteiger partial charge in [-0.25, -0.2) is 0 Å². The molecule has 0 amide bonds. The van der Waals surface area contributed by atoms with E-state index in [1.165, 1.54) is 19.3 Å². The van der Waals surface area contributed by atoms with Gasteiger partial charge in [0.25, 0.3) is 0 Å². The topological polar surface area (TPSA) is 21.3 Å². The maximum absolute atomic E-state index is 12.0. The lowest BCUT2D eigenvalue weighted by atomic mass is 9.86. The van der Waals surface area contributed by atoms with Gasteiger partial charge in [0.05, 0.1) is 0 Å². The van der Waals surface area contributed by atoms with E-state index in [1.807, 2.05) is 0 Å². The van der Waals surface area contributed by atoms with Crippen LogP contribution in [0.4, 0.5) is 18.9 Å². The summed E-state index contributed by atoms with van der Waals surface area (Å²) in [6.07, 6.45) is 0.588. The Morgan fingerprint density at radius 1 is 1.15 bits per heavy atom. The Morgan fingerprint density at radius 3 is 2.40 bits per heavy atom. The standard InChI is InChI=1S/C15H20F3NO/c1-11-4-2-3-5-14(11)19-12-6-8-13(9-7-12)20-10-15(16,17)18/h6-9,11,14,19H,2-5,10H2,1H3. The van der Waals surface area contributed by atoms with E-state index in [-0.39, 0.29) is 5.75 Å². The molecule has 2 nitrogen and oxygen atoms in total. The Morgan fingerprint density at radius 2 is 1.80 bits per heavy atom. The highest BCUT2D eigenvalue weighted by Crippen LogP contribution is 2.27. The van der Waals surface area contributed by atoms with Crippen molar-refractivity contribution < 1.29 is 17.9 Å². The van der Waals surface area contributed by atoms with Gasteiger partial charge in [-0.05, 0) is 43.0 Å². The number of halogens is 3. The predicted octanol–water partition coefficient (Wildman–Crippen LogP) is 4.62. The van der Waals surface area contributed by atoms with Crippen molar-refractivity contribution in [2.75, 3.05) is 11.9 Å². The molecule has 0 aliphatic heterocycles. The minimum Gasteiger partial charge on any atom is -0.484 e. The zero-order valence-electron chi connectivity index (χ0n) is 11.5. The number of ether oxygens (including phenoxy) is 1. The van der Waals surface area contributed by atoms with Gasteiger partial charge in [0, 0.05) is 11.7 Å². The second-order valence-corrected chi connectivity index (χ2v) is 5.44. The van der Waals surface area contributed by atoms with Crippen LogP contribution in [-0.4, -0.2) is 18.8 Å². The lowest BCUT2D eigenvalue weighted by Crippen LogP contribution is -2.30. The molecule has 112 valence electrons. The van der Waals surface area contributed by atoms with Crippen molar-refractivity contribution in [3.8, 4) is 5.75 Å². The largest absolute Gasteiger partial charge is 0.484 e. The van der Waals surface area contributed by atoms with Gasteiger partial charge in [-0.15, -0.1) is 0 Å². The van der Waals surface area contributed by atoms with Crippen LogP contribution < -0.4 is 10.1 Å². The van der Waals surface area contributed by atoms with Crippen LogP contribution in [0.3, 0.4) is 0 Å². The normalized spacial score (nSPS) is 23.4. The fourth-order valence-corrected chi connectivity index (χ4v) is 2.56. The Kier molecular flexibility index (Phi) is 4.78. The molecule has 2 rings (SSSR count). The Balaban J connectivity index is 1.88. The molecule has 0 aromatic heterocycles. The van der Waals surface area contributed by atoms with Gasteiger partial charge in [0.1, 0.15) is 5.75 Å². The molecular weight excluding hydrogens is 267 g/mol. The van der Waals surface area contributed by atoms with E-state index in [0.717, 1.165) is 12.1 Å². The molecule has 1 aliphatic carbocycles. The van der Waals surface area contributed by atoms with Crippen LogP contribution in [0.5, 0.6) is 5.75 Å². The van der Waals surface area contributed by atoms with Crippen molar-refractivity contribution in [2.45, 2.75) is 44.8 Å². The van der Waals surface area contributed by atoms with E-state index in [0.29, 0.717) is 12.0 Å². The van der Waals surface area contributed by atoms with E-state index < -0.39 is 12.8 Å². The third-order valence-electron chi connectivity index (χ3n) is 3.72. The van der Waals surface area contributed by atoms with Crippen LogP contribution in [0.1, 0.15) is 32.6 Å². The molecule has 5 heteroatoms. The summed E-state index contributed by atoms with van der Waals surface area (Å²) in [6.45, 7) is 0.983. The Bertz CT molecular complexity index is 416. The number of hydrogen-bond acceptors (Lipinski definition) is 2. The van der Waals surface area contributed by atoms with Gasteiger partial charge >= 0.3 is 6.18 Å². The molecule has 1 aromatic carbocycles. The van der Waals surface area contributed by atoms with Gasteiger partial charge in [0.15, 0.2) is 6.61 Å². The molecule has 0 radical (unpaired) electrons. The number of anilines is 1. The van der Waals surface area contributed by atoms with E-state index >= 15 is 0 Å². The second kappa shape index (κ2) is 6.37. The van der Waals surface area contributed by atoms with Crippen molar-refractivity contribution in [2.24, 2.45) is 5.92 Å². The number of benzene rings is 1. The first-order valence-electron chi connectivity index (χ1n) is 7.00. The lowest BCUT2D eigenvalue weighted by molar-refractivity contribution is -0.153. The average molecular weight is 287 g/mol.